The standard InChI is InChI=1S/C13H16N2O2.C6H13NO5/c1-9(16)14-6-5-10-8-15-13-4-3-11(17-2)7-12(10)13;7-3-5(10)4(9)2(1-8)12-6(3)11/h3-4,7-8,15H,5-6H2,1-2H3,(H,14,16);2-6,8-11H,1,7H2/t;2-,3-,4-,5-,6?/m.1/s1. The van der Waals surface area contributed by atoms with E-state index in [0.717, 1.165) is 23.1 Å². The molecule has 3 rings (SSSR count). The van der Waals surface area contributed by atoms with Crippen molar-refractivity contribution in [1.82, 2.24) is 10.3 Å². The van der Waals surface area contributed by atoms with Crippen LogP contribution in [0.5, 0.6) is 5.75 Å². The molecule has 29 heavy (non-hydrogen) atoms. The molecule has 2 heterocycles. The number of amides is 1. The number of aliphatic hydroxyl groups is 4. The molecular formula is C19H29N3O7. The molecule has 1 unspecified atom stereocenters. The lowest BCUT2D eigenvalue weighted by Crippen LogP contribution is -2.61. The van der Waals surface area contributed by atoms with Crippen LogP contribution >= 0.6 is 0 Å². The van der Waals surface area contributed by atoms with Crippen molar-refractivity contribution in [3.63, 3.8) is 0 Å². The highest BCUT2D eigenvalue weighted by molar-refractivity contribution is 5.84. The van der Waals surface area contributed by atoms with Crippen LogP contribution in [0.3, 0.4) is 0 Å². The quantitative estimate of drug-likeness (QED) is 0.315. The van der Waals surface area contributed by atoms with Crippen LogP contribution in [0.1, 0.15) is 12.5 Å². The number of methoxy groups -OCH3 is 1. The van der Waals surface area contributed by atoms with Crippen molar-refractivity contribution in [2.75, 3.05) is 20.3 Å². The van der Waals surface area contributed by atoms with Gasteiger partial charge in [0.05, 0.1) is 19.8 Å². The van der Waals surface area contributed by atoms with E-state index in [1.54, 1.807) is 7.11 Å². The van der Waals surface area contributed by atoms with E-state index in [-0.39, 0.29) is 5.91 Å². The Hall–Kier alpha value is -2.21. The molecule has 1 amide bonds. The van der Waals surface area contributed by atoms with E-state index in [9.17, 15) is 15.0 Å². The normalized spacial score (nSPS) is 26.5. The maximum atomic E-state index is 10.8. The summed E-state index contributed by atoms with van der Waals surface area (Å²) in [6, 6.07) is 4.89. The van der Waals surface area contributed by atoms with Crippen LogP contribution in [0.15, 0.2) is 24.4 Å². The molecule has 10 heteroatoms. The molecule has 1 aromatic carbocycles. The van der Waals surface area contributed by atoms with E-state index in [0.29, 0.717) is 6.54 Å². The summed E-state index contributed by atoms with van der Waals surface area (Å²) in [4.78, 5) is 14.0. The summed E-state index contributed by atoms with van der Waals surface area (Å²) in [6.07, 6.45) is -2.06. The van der Waals surface area contributed by atoms with Gasteiger partial charge < -0.3 is 45.9 Å². The largest absolute Gasteiger partial charge is 0.497 e. The Bertz CT molecular complexity index is 792. The number of H-pyrrole nitrogens is 1. The van der Waals surface area contributed by atoms with Crippen molar-refractivity contribution in [2.24, 2.45) is 5.73 Å². The molecule has 5 atom stereocenters. The Morgan fingerprint density at radius 1 is 1.31 bits per heavy atom. The Morgan fingerprint density at radius 2 is 2.03 bits per heavy atom. The molecule has 10 nitrogen and oxygen atoms in total. The molecule has 1 aliphatic rings. The van der Waals surface area contributed by atoms with Gasteiger partial charge in [-0.25, -0.2) is 0 Å². The van der Waals surface area contributed by atoms with Crippen molar-refractivity contribution in [3.8, 4) is 5.75 Å². The SMILES string of the molecule is COc1ccc2[nH]cc(CCNC(C)=O)c2c1.N[C@H]1C(O)O[C@H](CO)[C@@H](O)[C@@H]1O. The van der Waals surface area contributed by atoms with Gasteiger partial charge in [-0.05, 0) is 30.2 Å². The number of nitrogens with one attached hydrogen (secondary N) is 2. The van der Waals surface area contributed by atoms with Crippen LogP contribution in [0.25, 0.3) is 10.9 Å². The number of aliphatic hydroxyl groups excluding tert-OH is 4. The van der Waals surface area contributed by atoms with Crippen molar-refractivity contribution in [3.05, 3.63) is 30.0 Å². The zero-order valence-electron chi connectivity index (χ0n) is 16.4. The fourth-order valence-electron chi connectivity index (χ4n) is 2.98. The van der Waals surface area contributed by atoms with Crippen LogP contribution in [-0.4, -0.2) is 82.2 Å². The third kappa shape index (κ3) is 5.89. The summed E-state index contributed by atoms with van der Waals surface area (Å²) < 4.78 is 9.91. The molecule has 8 N–H and O–H groups in total. The first-order chi connectivity index (χ1) is 13.8. The number of carbonyl (C=O) groups is 1. The van der Waals surface area contributed by atoms with Gasteiger partial charge in [-0.15, -0.1) is 0 Å². The van der Waals surface area contributed by atoms with Gasteiger partial charge in [0.2, 0.25) is 5.91 Å². The van der Waals surface area contributed by atoms with E-state index in [1.807, 2.05) is 24.4 Å². The van der Waals surface area contributed by atoms with E-state index in [1.165, 1.54) is 12.5 Å². The lowest BCUT2D eigenvalue weighted by atomic mass is 9.98. The number of nitrogens with two attached hydrogens (primary N) is 1. The van der Waals surface area contributed by atoms with Crippen molar-refractivity contribution >= 4 is 16.8 Å². The number of ether oxygens (including phenoxy) is 2. The number of benzene rings is 1. The van der Waals surface area contributed by atoms with Crippen LogP contribution in [-0.2, 0) is 16.0 Å². The second-order valence-corrected chi connectivity index (χ2v) is 6.76. The lowest BCUT2D eigenvalue weighted by molar-refractivity contribution is -0.248. The molecule has 1 fully saturated rings. The summed E-state index contributed by atoms with van der Waals surface area (Å²) in [5.74, 6) is 0.847. The molecule has 0 radical (unpaired) electrons. The second kappa shape index (κ2) is 10.5. The van der Waals surface area contributed by atoms with Crippen LogP contribution in [0, 0.1) is 0 Å². The number of hydrogen-bond acceptors (Lipinski definition) is 8. The van der Waals surface area contributed by atoms with Gasteiger partial charge in [0.15, 0.2) is 6.29 Å². The van der Waals surface area contributed by atoms with Crippen LogP contribution in [0.4, 0.5) is 0 Å². The minimum atomic E-state index is -1.35. The van der Waals surface area contributed by atoms with Gasteiger partial charge in [-0.3, -0.25) is 4.79 Å². The molecule has 2 aromatic rings. The third-order valence-corrected chi connectivity index (χ3v) is 4.69. The lowest BCUT2D eigenvalue weighted by Gasteiger charge is -2.38. The zero-order valence-corrected chi connectivity index (χ0v) is 16.4. The van der Waals surface area contributed by atoms with Crippen molar-refractivity contribution in [2.45, 2.75) is 44.0 Å². The first kappa shape index (κ1) is 23.1. The van der Waals surface area contributed by atoms with Gasteiger partial charge in [0.1, 0.15) is 24.1 Å². The highest BCUT2D eigenvalue weighted by atomic mass is 16.6. The maximum Gasteiger partial charge on any atom is 0.216 e. The number of aromatic amines is 1. The van der Waals surface area contributed by atoms with Gasteiger partial charge in [-0.2, -0.15) is 0 Å². The smallest absolute Gasteiger partial charge is 0.216 e. The topological polar surface area (TPSA) is 170 Å². The Labute approximate surface area is 168 Å². The minimum absolute atomic E-state index is 0.00224. The van der Waals surface area contributed by atoms with E-state index in [4.69, 9.17) is 25.4 Å². The van der Waals surface area contributed by atoms with E-state index in [2.05, 4.69) is 10.3 Å². The third-order valence-electron chi connectivity index (χ3n) is 4.69. The molecule has 162 valence electrons. The van der Waals surface area contributed by atoms with Gasteiger partial charge in [-0.1, -0.05) is 0 Å². The number of rotatable bonds is 5. The molecule has 1 saturated heterocycles. The van der Waals surface area contributed by atoms with Crippen molar-refractivity contribution in [1.29, 1.82) is 0 Å². The minimum Gasteiger partial charge on any atom is -0.497 e. The maximum absolute atomic E-state index is 10.8. The van der Waals surface area contributed by atoms with Crippen LogP contribution in [0.2, 0.25) is 0 Å². The monoisotopic (exact) mass is 411 g/mol. The average Bonchev–Trinajstić information content (AvgIpc) is 3.11. The number of hydrogen-bond donors (Lipinski definition) is 7. The fraction of sp³-hybridized carbons (Fsp3) is 0.526. The van der Waals surface area contributed by atoms with Crippen molar-refractivity contribution < 1.29 is 34.7 Å². The average molecular weight is 411 g/mol. The first-order valence-electron chi connectivity index (χ1n) is 9.23. The predicted octanol–water partition coefficient (Wildman–Crippen LogP) is -1.40. The van der Waals surface area contributed by atoms with E-state index < -0.39 is 37.3 Å². The molecule has 0 aliphatic carbocycles. The zero-order chi connectivity index (χ0) is 21.6. The molecule has 0 spiro atoms. The van der Waals surface area contributed by atoms with Gasteiger partial charge in [0.25, 0.3) is 0 Å². The number of carbonyl (C=O) groups excluding carboxylic acids is 1. The summed E-state index contributed by atoms with van der Waals surface area (Å²) >= 11 is 0. The summed E-state index contributed by atoms with van der Waals surface area (Å²) in [7, 11) is 1.66. The first-order valence-corrected chi connectivity index (χ1v) is 9.23. The molecule has 1 aliphatic heterocycles. The predicted molar refractivity (Wildman–Crippen MR) is 105 cm³/mol. The number of aromatic nitrogens is 1. The fourth-order valence-corrected chi connectivity index (χ4v) is 2.98. The highest BCUT2D eigenvalue weighted by Gasteiger charge is 2.41. The highest BCUT2D eigenvalue weighted by Crippen LogP contribution is 2.23. The molecule has 0 saturated carbocycles. The Morgan fingerprint density at radius 3 is 2.66 bits per heavy atom. The Balaban J connectivity index is 0.000000221. The molecular weight excluding hydrogens is 382 g/mol. The molecule has 0 bridgehead atoms. The van der Waals surface area contributed by atoms with Crippen LogP contribution < -0.4 is 15.8 Å². The van der Waals surface area contributed by atoms with E-state index >= 15 is 0 Å². The second-order valence-electron chi connectivity index (χ2n) is 6.76. The van der Waals surface area contributed by atoms with Gasteiger partial charge in [0, 0.05) is 30.6 Å². The summed E-state index contributed by atoms with van der Waals surface area (Å²) in [6.45, 7) is 1.71. The number of fused-ring (bicyclic) bond motifs is 1. The summed E-state index contributed by atoms with van der Waals surface area (Å²) in [5.41, 5.74) is 7.54. The summed E-state index contributed by atoms with van der Waals surface area (Å²) in [5, 5.41) is 40.0. The van der Waals surface area contributed by atoms with Gasteiger partial charge >= 0.3 is 0 Å². The Kier molecular flexibility index (Phi) is 8.38. The molecule has 1 aromatic heterocycles.